The summed E-state index contributed by atoms with van der Waals surface area (Å²) in [5, 5.41) is 10.3. The zero-order valence-corrected chi connectivity index (χ0v) is 19.4. The van der Waals surface area contributed by atoms with Crippen LogP contribution in [-0.4, -0.2) is 73.5 Å². The molecule has 0 spiro atoms. The van der Waals surface area contributed by atoms with E-state index in [1.165, 1.54) is 17.7 Å². The van der Waals surface area contributed by atoms with Crippen molar-refractivity contribution < 1.29 is 24.1 Å². The normalized spacial score (nSPS) is 14.6. The van der Waals surface area contributed by atoms with Gasteiger partial charge in [-0.25, -0.2) is 14.8 Å². The third kappa shape index (κ3) is 3.91. The first-order valence-corrected chi connectivity index (χ1v) is 11.0. The molecule has 1 aliphatic rings. The number of thiophene rings is 1. The maximum Gasteiger partial charge on any atom is 0.346 e. The highest BCUT2D eigenvalue weighted by molar-refractivity contribution is 7.20. The van der Waals surface area contributed by atoms with Gasteiger partial charge in [0.25, 0.3) is 0 Å². The lowest BCUT2D eigenvalue weighted by Crippen LogP contribution is -2.46. The summed E-state index contributed by atoms with van der Waals surface area (Å²) in [5.74, 6) is 1.79. The first-order valence-electron chi connectivity index (χ1n) is 10.2. The Balaban J connectivity index is 1.52. The summed E-state index contributed by atoms with van der Waals surface area (Å²) in [6.45, 7) is 5.76. The van der Waals surface area contributed by atoms with Crippen LogP contribution >= 0.6 is 11.3 Å². The first-order chi connectivity index (χ1) is 15.5. The molecule has 1 aliphatic heterocycles. The van der Waals surface area contributed by atoms with Crippen molar-refractivity contribution in [1.29, 1.82) is 0 Å². The highest BCUT2D eigenvalue weighted by Gasteiger charge is 2.25. The van der Waals surface area contributed by atoms with Gasteiger partial charge in [-0.05, 0) is 18.6 Å². The summed E-state index contributed by atoms with van der Waals surface area (Å²) >= 11 is 1.20. The van der Waals surface area contributed by atoms with Gasteiger partial charge in [0.15, 0.2) is 11.5 Å². The molecule has 3 heterocycles. The van der Waals surface area contributed by atoms with Crippen LogP contribution in [0.2, 0.25) is 0 Å². The van der Waals surface area contributed by atoms with Gasteiger partial charge >= 0.3 is 5.97 Å². The molecule has 0 bridgehead atoms. The maximum atomic E-state index is 11.5. The standard InChI is InChI=1S/C22H26N4O5S/c1-13-16-20(23-12-24-21(16)32-19(13)22(27)28)26-9-7-25(8-10-26)11-14-5-6-15(29-2)18(31-4)17(14)30-3/h5-6,12H,7-11H2,1-4H3,(H,27,28). The molecule has 0 saturated carbocycles. The summed E-state index contributed by atoms with van der Waals surface area (Å²) in [6, 6.07) is 3.90. The van der Waals surface area contributed by atoms with Gasteiger partial charge in [0.1, 0.15) is 21.9 Å². The third-order valence-electron chi connectivity index (χ3n) is 5.75. The molecule has 1 saturated heterocycles. The molecule has 0 radical (unpaired) electrons. The van der Waals surface area contributed by atoms with Crippen LogP contribution in [0, 0.1) is 6.92 Å². The van der Waals surface area contributed by atoms with Crippen molar-refractivity contribution in [1.82, 2.24) is 14.9 Å². The largest absolute Gasteiger partial charge is 0.493 e. The molecule has 1 fully saturated rings. The molecule has 0 unspecified atom stereocenters. The van der Waals surface area contributed by atoms with Crippen molar-refractivity contribution >= 4 is 33.3 Å². The number of methoxy groups -OCH3 is 3. The summed E-state index contributed by atoms with van der Waals surface area (Å²) in [4.78, 5) is 25.9. The van der Waals surface area contributed by atoms with Crippen LogP contribution in [0.25, 0.3) is 10.2 Å². The summed E-state index contributed by atoms with van der Waals surface area (Å²) < 4.78 is 16.5. The van der Waals surface area contributed by atoms with Gasteiger partial charge in [-0.15, -0.1) is 11.3 Å². The Hall–Kier alpha value is -3.11. The fourth-order valence-corrected chi connectivity index (χ4v) is 5.13. The molecule has 10 heteroatoms. The van der Waals surface area contributed by atoms with E-state index in [2.05, 4.69) is 19.8 Å². The highest BCUT2D eigenvalue weighted by Crippen LogP contribution is 2.40. The van der Waals surface area contributed by atoms with Crippen molar-refractivity contribution in [2.75, 3.05) is 52.4 Å². The number of carboxylic acid groups (broad SMARTS) is 1. The smallest absolute Gasteiger partial charge is 0.346 e. The molecule has 1 aromatic carbocycles. The Kier molecular flexibility index (Phi) is 6.33. The number of rotatable bonds is 7. The second kappa shape index (κ2) is 9.17. The minimum absolute atomic E-state index is 0.320. The lowest BCUT2D eigenvalue weighted by molar-refractivity contribution is 0.0701. The molecule has 2 aromatic heterocycles. The summed E-state index contributed by atoms with van der Waals surface area (Å²) in [6.07, 6.45) is 1.51. The number of ether oxygens (including phenoxy) is 3. The molecule has 0 atom stereocenters. The van der Waals surface area contributed by atoms with E-state index in [1.54, 1.807) is 21.3 Å². The van der Waals surface area contributed by atoms with E-state index >= 15 is 0 Å². The summed E-state index contributed by atoms with van der Waals surface area (Å²) in [7, 11) is 4.84. The van der Waals surface area contributed by atoms with E-state index in [-0.39, 0.29) is 0 Å². The maximum absolute atomic E-state index is 11.5. The minimum atomic E-state index is -0.926. The Bertz CT molecular complexity index is 1140. The number of hydrogen-bond donors (Lipinski definition) is 1. The minimum Gasteiger partial charge on any atom is -0.493 e. The number of piperazine rings is 1. The number of nitrogens with zero attached hydrogens (tertiary/aromatic N) is 4. The molecule has 0 aliphatic carbocycles. The zero-order valence-electron chi connectivity index (χ0n) is 18.5. The Morgan fingerprint density at radius 2 is 1.78 bits per heavy atom. The van der Waals surface area contributed by atoms with E-state index in [0.29, 0.717) is 27.0 Å². The highest BCUT2D eigenvalue weighted by atomic mass is 32.1. The number of benzene rings is 1. The Labute approximate surface area is 190 Å². The van der Waals surface area contributed by atoms with E-state index in [0.717, 1.165) is 55.1 Å². The van der Waals surface area contributed by atoms with Crippen LogP contribution in [0.3, 0.4) is 0 Å². The number of carboxylic acids is 1. The number of aromatic carboxylic acids is 1. The first kappa shape index (κ1) is 22.1. The van der Waals surface area contributed by atoms with Crippen LogP contribution in [-0.2, 0) is 6.54 Å². The van der Waals surface area contributed by atoms with E-state index < -0.39 is 5.97 Å². The average Bonchev–Trinajstić information content (AvgIpc) is 3.16. The SMILES string of the molecule is COc1ccc(CN2CCN(c3ncnc4sc(C(=O)O)c(C)c34)CC2)c(OC)c1OC. The van der Waals surface area contributed by atoms with Gasteiger partial charge in [-0.2, -0.15) is 0 Å². The lowest BCUT2D eigenvalue weighted by atomic mass is 10.1. The number of carbonyl (C=O) groups is 1. The molecule has 170 valence electrons. The van der Waals surface area contributed by atoms with Crippen molar-refractivity contribution in [2.24, 2.45) is 0 Å². The number of anilines is 1. The molecule has 9 nitrogen and oxygen atoms in total. The van der Waals surface area contributed by atoms with Crippen LogP contribution in [0.1, 0.15) is 20.8 Å². The second-order valence-electron chi connectivity index (χ2n) is 7.50. The number of hydrogen-bond acceptors (Lipinski definition) is 9. The van der Waals surface area contributed by atoms with Gasteiger partial charge < -0.3 is 24.2 Å². The molecule has 4 rings (SSSR count). The van der Waals surface area contributed by atoms with Crippen molar-refractivity contribution in [3.05, 3.63) is 34.5 Å². The van der Waals surface area contributed by atoms with Gasteiger partial charge in [0, 0.05) is 38.3 Å². The van der Waals surface area contributed by atoms with Gasteiger partial charge in [-0.3, -0.25) is 4.90 Å². The molecule has 0 amide bonds. The molecule has 3 aromatic rings. The second-order valence-corrected chi connectivity index (χ2v) is 8.49. The van der Waals surface area contributed by atoms with E-state index in [1.807, 2.05) is 19.1 Å². The number of aryl methyl sites for hydroxylation is 1. The summed E-state index contributed by atoms with van der Waals surface area (Å²) in [5.41, 5.74) is 1.76. The predicted molar refractivity (Wildman–Crippen MR) is 123 cm³/mol. The monoisotopic (exact) mass is 458 g/mol. The fourth-order valence-electron chi connectivity index (χ4n) is 4.14. The lowest BCUT2D eigenvalue weighted by Gasteiger charge is -2.36. The zero-order chi connectivity index (χ0) is 22.8. The van der Waals surface area contributed by atoms with Crippen LogP contribution in [0.4, 0.5) is 5.82 Å². The third-order valence-corrected chi connectivity index (χ3v) is 6.94. The van der Waals surface area contributed by atoms with Crippen LogP contribution < -0.4 is 19.1 Å². The van der Waals surface area contributed by atoms with E-state index in [4.69, 9.17) is 14.2 Å². The van der Waals surface area contributed by atoms with Gasteiger partial charge in [0.2, 0.25) is 5.75 Å². The Morgan fingerprint density at radius 1 is 1.06 bits per heavy atom. The molecular weight excluding hydrogens is 432 g/mol. The van der Waals surface area contributed by atoms with Crippen LogP contribution in [0.15, 0.2) is 18.5 Å². The van der Waals surface area contributed by atoms with E-state index in [9.17, 15) is 9.90 Å². The molecule has 1 N–H and O–H groups in total. The van der Waals surface area contributed by atoms with Crippen LogP contribution in [0.5, 0.6) is 17.2 Å². The Morgan fingerprint density at radius 3 is 2.41 bits per heavy atom. The van der Waals surface area contributed by atoms with Crippen molar-refractivity contribution in [2.45, 2.75) is 13.5 Å². The number of fused-ring (bicyclic) bond motifs is 1. The predicted octanol–water partition coefficient (Wildman–Crippen LogP) is 3.05. The quantitative estimate of drug-likeness (QED) is 0.573. The topological polar surface area (TPSA) is 97.3 Å². The van der Waals surface area contributed by atoms with Gasteiger partial charge in [-0.1, -0.05) is 6.07 Å². The molecular formula is C22H26N4O5S. The fraction of sp³-hybridized carbons (Fsp3) is 0.409. The average molecular weight is 459 g/mol. The number of aromatic nitrogens is 2. The van der Waals surface area contributed by atoms with Gasteiger partial charge in [0.05, 0.1) is 26.7 Å². The van der Waals surface area contributed by atoms with Crippen molar-refractivity contribution in [3.63, 3.8) is 0 Å². The molecule has 32 heavy (non-hydrogen) atoms. The van der Waals surface area contributed by atoms with Crippen molar-refractivity contribution in [3.8, 4) is 17.2 Å².